The highest BCUT2D eigenvalue weighted by Crippen LogP contribution is 2.33. The number of urea groups is 1. The first-order valence-corrected chi connectivity index (χ1v) is 7.88. The molecule has 2 heterocycles. The van der Waals surface area contributed by atoms with Crippen molar-refractivity contribution < 1.29 is 4.79 Å². The summed E-state index contributed by atoms with van der Waals surface area (Å²) >= 11 is 1.67. The van der Waals surface area contributed by atoms with E-state index < -0.39 is 0 Å². The Labute approximate surface area is 128 Å². The number of hydrogen-bond acceptors (Lipinski definition) is 2. The number of likely N-dealkylation sites (tertiary alicyclic amines) is 1. The van der Waals surface area contributed by atoms with Gasteiger partial charge in [-0.1, -0.05) is 12.0 Å². The quantitative estimate of drug-likeness (QED) is 0.831. The topological polar surface area (TPSA) is 32.3 Å². The number of anilines is 1. The third-order valence-corrected chi connectivity index (χ3v) is 4.42. The van der Waals surface area contributed by atoms with Crippen molar-refractivity contribution in [1.82, 2.24) is 4.90 Å². The minimum Gasteiger partial charge on any atom is -0.317 e. The van der Waals surface area contributed by atoms with Crippen molar-refractivity contribution in [3.05, 3.63) is 52.2 Å². The number of terminal acetylenes is 1. The maximum absolute atomic E-state index is 12.5. The van der Waals surface area contributed by atoms with Gasteiger partial charge in [-0.3, -0.25) is 0 Å². The second-order valence-electron chi connectivity index (χ2n) is 5.06. The van der Waals surface area contributed by atoms with E-state index in [0.29, 0.717) is 0 Å². The Morgan fingerprint density at radius 1 is 1.43 bits per heavy atom. The van der Waals surface area contributed by atoms with Crippen LogP contribution in [0.4, 0.5) is 10.5 Å². The highest BCUT2D eigenvalue weighted by molar-refractivity contribution is 7.07. The molecule has 1 atom stereocenters. The van der Waals surface area contributed by atoms with Gasteiger partial charge in [0.25, 0.3) is 0 Å². The van der Waals surface area contributed by atoms with Crippen LogP contribution in [0.5, 0.6) is 0 Å². The number of rotatable bonds is 2. The number of thiophene rings is 1. The predicted octanol–water partition coefficient (Wildman–Crippen LogP) is 4.10. The molecule has 2 amide bonds. The second-order valence-corrected chi connectivity index (χ2v) is 5.84. The molecule has 1 fully saturated rings. The van der Waals surface area contributed by atoms with Crippen molar-refractivity contribution in [3.8, 4) is 12.3 Å². The smallest absolute Gasteiger partial charge is 0.317 e. The van der Waals surface area contributed by atoms with Gasteiger partial charge in [0.2, 0.25) is 0 Å². The number of hydrogen-bond donors (Lipinski definition) is 1. The molecule has 0 spiro atoms. The summed E-state index contributed by atoms with van der Waals surface area (Å²) in [4.78, 5) is 14.4. The summed E-state index contributed by atoms with van der Waals surface area (Å²) in [5.41, 5.74) is 2.74. The molecule has 106 valence electrons. The molecule has 21 heavy (non-hydrogen) atoms. The van der Waals surface area contributed by atoms with E-state index in [-0.39, 0.29) is 12.1 Å². The molecule has 2 aromatic rings. The van der Waals surface area contributed by atoms with E-state index in [9.17, 15) is 4.79 Å². The first kappa shape index (κ1) is 13.7. The molecular formula is C17H16N2OS. The molecular weight excluding hydrogens is 280 g/mol. The van der Waals surface area contributed by atoms with E-state index >= 15 is 0 Å². The summed E-state index contributed by atoms with van der Waals surface area (Å²) in [6, 6.07) is 9.59. The first-order valence-electron chi connectivity index (χ1n) is 6.94. The van der Waals surface area contributed by atoms with Gasteiger partial charge in [-0.2, -0.15) is 11.3 Å². The van der Waals surface area contributed by atoms with Crippen molar-refractivity contribution >= 4 is 23.1 Å². The molecule has 1 aromatic heterocycles. The van der Waals surface area contributed by atoms with Crippen LogP contribution in [0.1, 0.15) is 30.0 Å². The molecule has 1 saturated heterocycles. The van der Waals surface area contributed by atoms with E-state index in [2.05, 4.69) is 28.1 Å². The van der Waals surface area contributed by atoms with Crippen LogP contribution in [-0.2, 0) is 0 Å². The highest BCUT2D eigenvalue weighted by Gasteiger charge is 2.30. The van der Waals surface area contributed by atoms with Crippen LogP contribution in [0.2, 0.25) is 0 Å². The van der Waals surface area contributed by atoms with Gasteiger partial charge in [-0.05, 0) is 53.4 Å². The minimum absolute atomic E-state index is 0.0575. The maximum atomic E-state index is 12.5. The summed E-state index contributed by atoms with van der Waals surface area (Å²) in [5, 5.41) is 7.12. The van der Waals surface area contributed by atoms with E-state index in [1.807, 2.05) is 29.2 Å². The fourth-order valence-electron chi connectivity index (χ4n) is 2.70. The molecule has 1 aromatic carbocycles. The lowest BCUT2D eigenvalue weighted by Gasteiger charge is -2.24. The number of amides is 2. The van der Waals surface area contributed by atoms with Gasteiger partial charge in [-0.25, -0.2) is 4.79 Å². The third-order valence-electron chi connectivity index (χ3n) is 3.72. The molecule has 3 rings (SSSR count). The zero-order valence-electron chi connectivity index (χ0n) is 11.6. The van der Waals surface area contributed by atoms with Crippen LogP contribution in [0, 0.1) is 12.3 Å². The summed E-state index contributed by atoms with van der Waals surface area (Å²) in [6.45, 7) is 0.793. The molecule has 0 saturated carbocycles. The van der Waals surface area contributed by atoms with Crippen molar-refractivity contribution in [2.24, 2.45) is 0 Å². The molecule has 0 aliphatic carbocycles. The molecule has 1 unspecified atom stereocenters. The summed E-state index contributed by atoms with van der Waals surface area (Å²) in [5.74, 6) is 2.58. The second kappa shape index (κ2) is 6.02. The van der Waals surface area contributed by atoms with Crippen LogP contribution in [0.3, 0.4) is 0 Å². The first-order chi connectivity index (χ1) is 10.3. The van der Waals surface area contributed by atoms with Gasteiger partial charge in [0, 0.05) is 17.8 Å². The molecule has 4 heteroatoms. The van der Waals surface area contributed by atoms with E-state index in [0.717, 1.165) is 30.6 Å². The Balaban J connectivity index is 1.74. The van der Waals surface area contributed by atoms with Crippen molar-refractivity contribution in [2.75, 3.05) is 11.9 Å². The van der Waals surface area contributed by atoms with Gasteiger partial charge in [0.15, 0.2) is 0 Å². The number of benzene rings is 1. The SMILES string of the molecule is C#Cc1cccc(NC(=O)N2CCCC2c2ccsc2)c1. The third kappa shape index (κ3) is 2.93. The zero-order chi connectivity index (χ0) is 14.7. The van der Waals surface area contributed by atoms with Crippen LogP contribution in [0.25, 0.3) is 0 Å². The van der Waals surface area contributed by atoms with Gasteiger partial charge in [0.05, 0.1) is 6.04 Å². The van der Waals surface area contributed by atoms with Crippen LogP contribution in [-0.4, -0.2) is 17.5 Å². The Hall–Kier alpha value is -2.25. The Morgan fingerprint density at radius 2 is 2.33 bits per heavy atom. The van der Waals surface area contributed by atoms with Crippen LogP contribution >= 0.6 is 11.3 Å². The Morgan fingerprint density at radius 3 is 3.10 bits per heavy atom. The fourth-order valence-corrected chi connectivity index (χ4v) is 3.41. The molecule has 1 aliphatic heterocycles. The Kier molecular flexibility index (Phi) is 3.94. The highest BCUT2D eigenvalue weighted by atomic mass is 32.1. The number of nitrogens with one attached hydrogen (secondary N) is 1. The van der Waals surface area contributed by atoms with Gasteiger partial charge < -0.3 is 10.2 Å². The largest absolute Gasteiger partial charge is 0.322 e. The van der Waals surface area contributed by atoms with Crippen molar-refractivity contribution in [2.45, 2.75) is 18.9 Å². The van der Waals surface area contributed by atoms with E-state index in [4.69, 9.17) is 6.42 Å². The predicted molar refractivity (Wildman–Crippen MR) is 86.4 cm³/mol. The fraction of sp³-hybridized carbons (Fsp3) is 0.235. The number of nitrogens with zero attached hydrogens (tertiary/aromatic N) is 1. The molecule has 1 N–H and O–H groups in total. The number of carbonyl (C=O) groups is 1. The zero-order valence-corrected chi connectivity index (χ0v) is 12.4. The summed E-state index contributed by atoms with van der Waals surface area (Å²) in [7, 11) is 0. The lowest BCUT2D eigenvalue weighted by atomic mass is 10.1. The lowest BCUT2D eigenvalue weighted by molar-refractivity contribution is 0.207. The normalized spacial score (nSPS) is 17.5. The Bertz CT molecular complexity index is 672. The monoisotopic (exact) mass is 296 g/mol. The van der Waals surface area contributed by atoms with Crippen LogP contribution in [0.15, 0.2) is 41.1 Å². The van der Waals surface area contributed by atoms with Crippen LogP contribution < -0.4 is 5.32 Å². The molecule has 1 aliphatic rings. The summed E-state index contributed by atoms with van der Waals surface area (Å²) < 4.78 is 0. The summed E-state index contributed by atoms with van der Waals surface area (Å²) in [6.07, 6.45) is 7.45. The molecule has 3 nitrogen and oxygen atoms in total. The average Bonchev–Trinajstić information content (AvgIpc) is 3.18. The standard InChI is InChI=1S/C17H16N2OS/c1-2-13-5-3-6-15(11-13)18-17(20)19-9-4-7-16(19)14-8-10-21-12-14/h1,3,5-6,8,10-12,16H,4,7,9H2,(H,18,20). The number of carbonyl (C=O) groups excluding carboxylic acids is 1. The van der Waals surface area contributed by atoms with Gasteiger partial charge >= 0.3 is 6.03 Å². The van der Waals surface area contributed by atoms with E-state index in [1.54, 1.807) is 11.3 Å². The van der Waals surface area contributed by atoms with Gasteiger partial charge in [-0.15, -0.1) is 6.42 Å². The minimum atomic E-state index is -0.0575. The molecule has 0 radical (unpaired) electrons. The van der Waals surface area contributed by atoms with Crippen molar-refractivity contribution in [3.63, 3.8) is 0 Å². The van der Waals surface area contributed by atoms with Gasteiger partial charge in [0.1, 0.15) is 0 Å². The lowest BCUT2D eigenvalue weighted by Crippen LogP contribution is -2.34. The molecule has 0 bridgehead atoms. The maximum Gasteiger partial charge on any atom is 0.322 e. The average molecular weight is 296 g/mol. The van der Waals surface area contributed by atoms with E-state index in [1.165, 1.54) is 5.56 Å². The van der Waals surface area contributed by atoms with Crippen molar-refractivity contribution in [1.29, 1.82) is 0 Å².